The average Bonchev–Trinajstić information content (AvgIpc) is 2.40. The molecule has 1 rings (SSSR count). The number of rotatable bonds is 6. The number of carbonyl (C=O) groups excluding carboxylic acids is 1. The lowest BCUT2D eigenvalue weighted by Crippen LogP contribution is -2.46. The quantitative estimate of drug-likeness (QED) is 0.820. The number of alkyl carbamates (subject to hydrolysis) is 1. The number of alkyl halides is 3. The van der Waals surface area contributed by atoms with Crippen LogP contribution in [0.25, 0.3) is 0 Å². The lowest BCUT2D eigenvalue weighted by atomic mass is 10.2. The Morgan fingerprint density at radius 2 is 1.86 bits per heavy atom. The van der Waals surface area contributed by atoms with Crippen molar-refractivity contribution >= 4 is 16.1 Å². The molecule has 1 aromatic rings. The highest BCUT2D eigenvalue weighted by atomic mass is 32.2. The zero-order valence-electron chi connectivity index (χ0n) is 11.3. The Hall–Kier alpha value is -1.81. The first-order valence-corrected chi connectivity index (χ1v) is 7.84. The third-order valence-electron chi connectivity index (χ3n) is 2.59. The molecule has 6 nitrogen and oxygen atoms in total. The van der Waals surface area contributed by atoms with E-state index in [1.807, 2.05) is 0 Å². The molecule has 0 fully saturated rings. The summed E-state index contributed by atoms with van der Waals surface area (Å²) in [5.41, 5.74) is 0.603. The summed E-state index contributed by atoms with van der Waals surface area (Å²) in [4.78, 5) is 11.4. The van der Waals surface area contributed by atoms with Crippen molar-refractivity contribution in [2.75, 3.05) is 5.75 Å². The van der Waals surface area contributed by atoms with Crippen LogP contribution >= 0.6 is 0 Å². The van der Waals surface area contributed by atoms with Crippen LogP contribution in [0, 0.1) is 0 Å². The lowest BCUT2D eigenvalue weighted by Gasteiger charge is -2.20. The van der Waals surface area contributed by atoms with E-state index in [4.69, 9.17) is 0 Å². The van der Waals surface area contributed by atoms with Crippen molar-refractivity contribution in [3.8, 4) is 0 Å². The Labute approximate surface area is 125 Å². The highest BCUT2D eigenvalue weighted by molar-refractivity contribution is 7.89. The van der Waals surface area contributed by atoms with Crippen molar-refractivity contribution in [3.05, 3.63) is 35.9 Å². The highest BCUT2D eigenvalue weighted by Gasteiger charge is 2.41. The van der Waals surface area contributed by atoms with Crippen molar-refractivity contribution in [3.63, 3.8) is 0 Å². The first-order valence-electron chi connectivity index (χ1n) is 6.12. The highest BCUT2D eigenvalue weighted by Crippen LogP contribution is 2.23. The van der Waals surface area contributed by atoms with Gasteiger partial charge in [-0.05, 0) is 12.0 Å². The van der Waals surface area contributed by atoms with Crippen LogP contribution < -0.4 is 10.5 Å². The number of carbonyl (C=O) groups is 1. The van der Waals surface area contributed by atoms with E-state index in [2.05, 4.69) is 9.88 Å². The van der Waals surface area contributed by atoms with Gasteiger partial charge in [-0.3, -0.25) is 0 Å². The maximum atomic E-state index is 12.7. The van der Waals surface area contributed by atoms with Crippen molar-refractivity contribution in [2.45, 2.75) is 25.2 Å². The summed E-state index contributed by atoms with van der Waals surface area (Å²) < 4.78 is 64.2. The summed E-state index contributed by atoms with van der Waals surface area (Å²) in [6.07, 6.45) is -6.99. The molecule has 0 radical (unpaired) electrons. The van der Waals surface area contributed by atoms with Gasteiger partial charge in [0.2, 0.25) is 10.0 Å². The molecule has 0 aliphatic rings. The van der Waals surface area contributed by atoms with Gasteiger partial charge in [0.25, 0.3) is 0 Å². The van der Waals surface area contributed by atoms with E-state index in [9.17, 15) is 26.4 Å². The molecule has 0 aromatic heterocycles. The number of hydrogen-bond donors (Lipinski definition) is 2. The molecule has 0 heterocycles. The molecule has 1 aromatic carbocycles. The number of nitrogens with two attached hydrogens (primary N) is 1. The molecule has 0 bridgehead atoms. The summed E-state index contributed by atoms with van der Waals surface area (Å²) in [6, 6.07) is 6.01. The molecule has 0 saturated heterocycles. The topological polar surface area (TPSA) is 98.5 Å². The number of halogens is 3. The Morgan fingerprint density at radius 3 is 2.36 bits per heavy atom. The second kappa shape index (κ2) is 7.45. The lowest BCUT2D eigenvalue weighted by molar-refractivity contribution is -0.154. The number of amides is 1. The first kappa shape index (κ1) is 18.2. The van der Waals surface area contributed by atoms with Crippen LogP contribution in [0.15, 0.2) is 30.3 Å². The zero-order valence-corrected chi connectivity index (χ0v) is 12.2. The number of hydrogen-bond acceptors (Lipinski definition) is 4. The van der Waals surface area contributed by atoms with E-state index in [-0.39, 0.29) is 6.61 Å². The van der Waals surface area contributed by atoms with Gasteiger partial charge in [-0.25, -0.2) is 18.4 Å². The normalized spacial score (nSPS) is 13.5. The fraction of sp³-hybridized carbons (Fsp3) is 0.417. The summed E-state index contributed by atoms with van der Waals surface area (Å²) in [7, 11) is -4.06. The van der Waals surface area contributed by atoms with Gasteiger partial charge in [-0.2, -0.15) is 13.2 Å². The van der Waals surface area contributed by atoms with E-state index in [1.54, 1.807) is 35.6 Å². The van der Waals surface area contributed by atoms with Gasteiger partial charge < -0.3 is 10.1 Å². The third-order valence-corrected chi connectivity index (χ3v) is 3.40. The standard InChI is InChI=1S/C12H15F3N2O4S/c13-12(14,15)10(6-7-22(16,19)20)17-11(18)21-8-9-4-2-1-3-5-9/h1-5,10H,6-8H2,(H,17,18)(H2,16,19,20). The molecular formula is C12H15F3N2O4S. The molecule has 1 unspecified atom stereocenters. The van der Waals surface area contributed by atoms with Crippen molar-refractivity contribution in [1.29, 1.82) is 0 Å². The van der Waals surface area contributed by atoms with Crippen LogP contribution in [0.1, 0.15) is 12.0 Å². The minimum atomic E-state index is -4.81. The van der Waals surface area contributed by atoms with Crippen LogP contribution in [0.5, 0.6) is 0 Å². The van der Waals surface area contributed by atoms with E-state index in [1.165, 1.54) is 0 Å². The van der Waals surface area contributed by atoms with Gasteiger partial charge in [0, 0.05) is 0 Å². The molecule has 1 amide bonds. The van der Waals surface area contributed by atoms with Crippen molar-refractivity contribution < 1.29 is 31.1 Å². The van der Waals surface area contributed by atoms with Crippen LogP contribution in [0.2, 0.25) is 0 Å². The Bertz CT molecular complexity index is 590. The molecule has 3 N–H and O–H groups in total. The monoisotopic (exact) mass is 340 g/mol. The second-order valence-corrected chi connectivity index (χ2v) is 6.19. The molecule has 0 aliphatic carbocycles. The fourth-order valence-corrected chi connectivity index (χ4v) is 2.07. The van der Waals surface area contributed by atoms with Gasteiger partial charge in [0.05, 0.1) is 5.75 Å². The number of sulfonamides is 1. The van der Waals surface area contributed by atoms with E-state index in [0.29, 0.717) is 5.56 Å². The van der Waals surface area contributed by atoms with Gasteiger partial charge in [-0.1, -0.05) is 30.3 Å². The van der Waals surface area contributed by atoms with Gasteiger partial charge in [-0.15, -0.1) is 0 Å². The third kappa shape index (κ3) is 7.27. The van der Waals surface area contributed by atoms with E-state index < -0.39 is 40.5 Å². The maximum Gasteiger partial charge on any atom is 0.408 e. The Morgan fingerprint density at radius 1 is 1.27 bits per heavy atom. The number of benzene rings is 1. The van der Waals surface area contributed by atoms with Gasteiger partial charge in [0.15, 0.2) is 0 Å². The smallest absolute Gasteiger partial charge is 0.408 e. The Balaban J connectivity index is 2.56. The largest absolute Gasteiger partial charge is 0.445 e. The summed E-state index contributed by atoms with van der Waals surface area (Å²) in [6.45, 7) is -0.202. The zero-order chi connectivity index (χ0) is 16.8. The molecule has 10 heteroatoms. The Kier molecular flexibility index (Phi) is 6.18. The molecule has 0 aliphatic heterocycles. The summed E-state index contributed by atoms with van der Waals surface area (Å²) in [5, 5.41) is 6.25. The van der Waals surface area contributed by atoms with Gasteiger partial charge in [0.1, 0.15) is 12.6 Å². The number of ether oxygens (including phenoxy) is 1. The van der Waals surface area contributed by atoms with Crippen molar-refractivity contribution in [2.24, 2.45) is 5.14 Å². The number of primary sulfonamides is 1. The van der Waals surface area contributed by atoms with Crippen molar-refractivity contribution in [1.82, 2.24) is 5.32 Å². The predicted molar refractivity (Wildman–Crippen MR) is 72.2 cm³/mol. The average molecular weight is 340 g/mol. The summed E-state index contributed by atoms with van der Waals surface area (Å²) in [5.74, 6) is -0.907. The van der Waals surface area contributed by atoms with E-state index in [0.717, 1.165) is 0 Å². The summed E-state index contributed by atoms with van der Waals surface area (Å²) >= 11 is 0. The minimum absolute atomic E-state index is 0.202. The molecule has 0 saturated carbocycles. The molecule has 1 atom stereocenters. The SMILES string of the molecule is NS(=O)(=O)CCC(NC(=O)OCc1ccccc1)C(F)(F)F. The molecule has 124 valence electrons. The van der Waals surface area contributed by atoms with Gasteiger partial charge >= 0.3 is 12.3 Å². The fourth-order valence-electron chi connectivity index (χ4n) is 1.51. The predicted octanol–water partition coefficient (Wildman–Crippen LogP) is 1.52. The molecule has 22 heavy (non-hydrogen) atoms. The molecular weight excluding hydrogens is 325 g/mol. The van der Waals surface area contributed by atoms with Crippen LogP contribution in [0.4, 0.5) is 18.0 Å². The molecule has 0 spiro atoms. The van der Waals surface area contributed by atoms with Crippen LogP contribution in [0.3, 0.4) is 0 Å². The minimum Gasteiger partial charge on any atom is -0.445 e. The van der Waals surface area contributed by atoms with E-state index >= 15 is 0 Å². The maximum absolute atomic E-state index is 12.7. The number of nitrogens with one attached hydrogen (secondary N) is 1. The van der Waals surface area contributed by atoms with Crippen LogP contribution in [-0.4, -0.2) is 32.5 Å². The first-order chi connectivity index (χ1) is 10.1. The second-order valence-electron chi connectivity index (χ2n) is 4.46. The van der Waals surface area contributed by atoms with Crippen LogP contribution in [-0.2, 0) is 21.4 Å².